The highest BCUT2D eigenvalue weighted by molar-refractivity contribution is 6.34. The number of benzene rings is 4. The van der Waals surface area contributed by atoms with Crippen molar-refractivity contribution < 1.29 is 8.78 Å². The molecule has 0 radical (unpaired) electrons. The minimum atomic E-state index is -0.542. The van der Waals surface area contributed by atoms with Crippen LogP contribution in [0.1, 0.15) is 117 Å². The van der Waals surface area contributed by atoms with Gasteiger partial charge in [0.25, 0.3) is 0 Å². The van der Waals surface area contributed by atoms with Gasteiger partial charge in [0.05, 0.1) is 10.5 Å². The summed E-state index contributed by atoms with van der Waals surface area (Å²) in [5, 5.41) is 13.5. The number of fused-ring (bicyclic) bond motifs is 2. The van der Waals surface area contributed by atoms with E-state index in [1.165, 1.54) is 66.8 Å². The van der Waals surface area contributed by atoms with E-state index in [0.717, 1.165) is 72.7 Å². The average Bonchev–Trinajstić information content (AvgIpc) is 3.79. The van der Waals surface area contributed by atoms with Gasteiger partial charge < -0.3 is 27.0 Å². The summed E-state index contributed by atoms with van der Waals surface area (Å²) in [4.78, 5) is 2.19. The second kappa shape index (κ2) is 19.2. The summed E-state index contributed by atoms with van der Waals surface area (Å²) >= 11 is 6.90. The normalized spacial score (nSPS) is 24.3. The molecule has 4 aromatic carbocycles. The van der Waals surface area contributed by atoms with E-state index in [0.29, 0.717) is 41.5 Å². The molecule has 0 bridgehead atoms. The third kappa shape index (κ3) is 8.62. The average molecular weight is 899 g/mol. The summed E-state index contributed by atoms with van der Waals surface area (Å²) in [5.74, 6) is 2.78. The molecule has 1 aromatic heterocycles. The zero-order valence-electron chi connectivity index (χ0n) is 38.5. The molecule has 342 valence electrons. The molecule has 1 saturated heterocycles. The number of anilines is 1. The van der Waals surface area contributed by atoms with Gasteiger partial charge >= 0.3 is 0 Å². The van der Waals surface area contributed by atoms with Gasteiger partial charge in [0, 0.05) is 71.5 Å². The van der Waals surface area contributed by atoms with Crippen molar-refractivity contribution in [3.05, 3.63) is 161 Å². The van der Waals surface area contributed by atoms with Gasteiger partial charge in [-0.2, -0.15) is 5.10 Å². The van der Waals surface area contributed by atoms with E-state index in [1.54, 1.807) is 18.2 Å². The van der Waals surface area contributed by atoms with Crippen molar-refractivity contribution in [1.82, 2.24) is 20.4 Å². The maximum Gasteiger partial charge on any atom is 0.164 e. The van der Waals surface area contributed by atoms with Crippen LogP contribution in [0.4, 0.5) is 14.6 Å². The maximum atomic E-state index is 16.5. The molecule has 7 nitrogen and oxygen atoms in total. The van der Waals surface area contributed by atoms with Crippen molar-refractivity contribution in [2.45, 2.75) is 108 Å². The fourth-order valence-electron chi connectivity index (χ4n) is 12.0. The second-order valence-electron chi connectivity index (χ2n) is 19.0. The quantitative estimate of drug-likeness (QED) is 0.111. The zero-order valence-corrected chi connectivity index (χ0v) is 39.2. The lowest BCUT2D eigenvalue weighted by atomic mass is 9.68. The van der Waals surface area contributed by atoms with Crippen molar-refractivity contribution in [2.75, 3.05) is 18.0 Å². The summed E-state index contributed by atoms with van der Waals surface area (Å²) in [6.45, 7) is 21.1. The number of aryl methyl sites for hydroxylation is 2. The lowest BCUT2D eigenvalue weighted by Gasteiger charge is -2.40. The first kappa shape index (κ1) is 46.2. The van der Waals surface area contributed by atoms with E-state index in [4.69, 9.17) is 22.4 Å². The Bertz CT molecular complexity index is 2600. The van der Waals surface area contributed by atoms with Gasteiger partial charge in [-0.3, -0.25) is 4.68 Å². The van der Waals surface area contributed by atoms with Gasteiger partial charge in [-0.15, -0.1) is 0 Å². The van der Waals surface area contributed by atoms with Crippen molar-refractivity contribution in [2.24, 2.45) is 30.4 Å². The first-order chi connectivity index (χ1) is 31.3. The molecule has 65 heavy (non-hydrogen) atoms. The van der Waals surface area contributed by atoms with Crippen LogP contribution in [0.15, 0.2) is 111 Å². The lowest BCUT2D eigenvalue weighted by molar-refractivity contribution is 0.165. The van der Waals surface area contributed by atoms with E-state index >= 15 is 8.78 Å². The van der Waals surface area contributed by atoms with Gasteiger partial charge in [0.15, 0.2) is 5.82 Å². The maximum absolute atomic E-state index is 16.5. The highest BCUT2D eigenvalue weighted by atomic mass is 35.5. The van der Waals surface area contributed by atoms with Crippen LogP contribution in [0.25, 0.3) is 27.7 Å². The Hall–Kier alpha value is -5.38. The summed E-state index contributed by atoms with van der Waals surface area (Å²) < 4.78 is 34.5. The summed E-state index contributed by atoms with van der Waals surface area (Å²) in [6.07, 6.45) is 12.9. The summed E-state index contributed by atoms with van der Waals surface area (Å²) in [5.41, 5.74) is 19.0. The van der Waals surface area contributed by atoms with E-state index < -0.39 is 17.0 Å². The van der Waals surface area contributed by atoms with Crippen LogP contribution in [-0.4, -0.2) is 28.9 Å². The van der Waals surface area contributed by atoms with Crippen molar-refractivity contribution in [3.8, 4) is 11.1 Å². The van der Waals surface area contributed by atoms with Crippen LogP contribution in [0.5, 0.6) is 0 Å². The number of rotatable bonds is 10. The lowest BCUT2D eigenvalue weighted by Crippen LogP contribution is -2.46. The number of hydrogen-bond acceptors (Lipinski definition) is 6. The molecule has 0 spiro atoms. The summed E-state index contributed by atoms with van der Waals surface area (Å²) in [7, 11) is 2.08. The van der Waals surface area contributed by atoms with Gasteiger partial charge in [0.2, 0.25) is 0 Å². The molecule has 3 fully saturated rings. The van der Waals surface area contributed by atoms with Gasteiger partial charge in [-0.05, 0) is 134 Å². The fraction of sp³-hybridized carbons (Fsp3) is 0.400. The third-order valence-corrected chi connectivity index (χ3v) is 15.8. The number of hydrogen-bond donors (Lipinski definition) is 4. The molecule has 4 aliphatic rings. The SMILES string of the molecule is C=C1CCN(c2nn(C)c3c(C4CCC(C5CCC(NCC6(c7ccccc7)Cc7cc(F)c(Cl)c(-c8c(C(=C)N)ccc(CC)c8F)c7C6C)CC5)CC4)cccc23)C(=C)N1.C=CN. The predicted molar refractivity (Wildman–Crippen MR) is 267 cm³/mol. The largest absolute Gasteiger partial charge is 0.405 e. The molecule has 1 aliphatic heterocycles. The van der Waals surface area contributed by atoms with E-state index in [-0.39, 0.29) is 22.2 Å². The first-order valence-electron chi connectivity index (χ1n) is 23.6. The Balaban J connectivity index is 0.00000187. The minimum Gasteiger partial charge on any atom is -0.405 e. The molecular weight excluding hydrogens is 832 g/mol. The molecule has 2 saturated carbocycles. The molecule has 2 atom stereocenters. The molecule has 10 heteroatoms. The van der Waals surface area contributed by atoms with Gasteiger partial charge in [-0.1, -0.05) is 106 Å². The number of para-hydroxylation sites is 1. The number of halogens is 3. The zero-order chi connectivity index (χ0) is 46.2. The molecular formula is C55H66ClF2N7. The van der Waals surface area contributed by atoms with E-state index in [9.17, 15) is 0 Å². The molecule has 2 unspecified atom stereocenters. The molecule has 5 aromatic rings. The van der Waals surface area contributed by atoms with Crippen LogP contribution in [0.3, 0.4) is 0 Å². The topological polar surface area (TPSA) is 97.2 Å². The molecule has 2 heterocycles. The van der Waals surface area contributed by atoms with Crippen LogP contribution in [-0.2, 0) is 25.3 Å². The van der Waals surface area contributed by atoms with E-state index in [1.807, 2.05) is 13.0 Å². The standard InChI is InChI=1S/C53H61ClF2N6.C2H5N/c1-7-35-22-25-42(33(4)57)47(50(35)56)48-46-32(3)53(40-12-9-8-10-13-40,29-39(46)28-45(55)49(48)54)30-58-41-23-20-37(21-24-41)36-16-18-38(19-17-36)43-14-11-15-44-51(43)61(6)60-52(44)62-27-26-31(2)59-34(62)5;1-2-3/h8-15,22,25,28,32,36-38,41,58-59H,2,4-5,7,16-21,23-24,26-27,29-30,57H2,1,3,6H3;2H,1,3H2. The van der Waals surface area contributed by atoms with Crippen LogP contribution in [0, 0.1) is 23.5 Å². The first-order valence-corrected chi connectivity index (χ1v) is 23.9. The Morgan fingerprint density at radius 3 is 2.29 bits per heavy atom. The van der Waals surface area contributed by atoms with Gasteiger partial charge in [0.1, 0.15) is 17.5 Å². The predicted octanol–water partition coefficient (Wildman–Crippen LogP) is 12.3. The number of nitrogens with two attached hydrogens (primary N) is 2. The molecule has 0 amide bonds. The smallest absolute Gasteiger partial charge is 0.164 e. The van der Waals surface area contributed by atoms with E-state index in [2.05, 4.69) is 109 Å². The van der Waals surface area contributed by atoms with Crippen molar-refractivity contribution >= 4 is 34.0 Å². The van der Waals surface area contributed by atoms with Crippen LogP contribution >= 0.6 is 11.6 Å². The monoisotopic (exact) mass is 898 g/mol. The van der Waals surface area contributed by atoms with Crippen molar-refractivity contribution in [3.63, 3.8) is 0 Å². The highest BCUT2D eigenvalue weighted by Crippen LogP contribution is 2.55. The minimum absolute atomic E-state index is 0.0676. The fourth-order valence-corrected chi connectivity index (χ4v) is 12.3. The Morgan fingerprint density at radius 2 is 1.65 bits per heavy atom. The number of nitrogens with one attached hydrogen (secondary N) is 2. The van der Waals surface area contributed by atoms with Gasteiger partial charge in [-0.25, -0.2) is 8.78 Å². The third-order valence-electron chi connectivity index (χ3n) is 15.4. The van der Waals surface area contributed by atoms with Crippen LogP contribution in [0.2, 0.25) is 5.02 Å². The Labute approximate surface area is 389 Å². The molecule has 3 aliphatic carbocycles. The highest BCUT2D eigenvalue weighted by Gasteiger charge is 2.48. The number of aromatic nitrogens is 2. The Kier molecular flexibility index (Phi) is 13.7. The molecule has 6 N–H and O–H groups in total. The summed E-state index contributed by atoms with van der Waals surface area (Å²) in [6, 6.07) is 22.8. The van der Waals surface area contributed by atoms with Crippen molar-refractivity contribution in [1.29, 1.82) is 0 Å². The van der Waals surface area contributed by atoms with Crippen LogP contribution < -0.4 is 27.0 Å². The number of nitrogens with zero attached hydrogens (tertiary/aromatic N) is 3. The second-order valence-corrected chi connectivity index (χ2v) is 19.4. The molecule has 9 rings (SSSR count). The Morgan fingerprint density at radius 1 is 0.969 bits per heavy atom.